The van der Waals surface area contributed by atoms with Crippen LogP contribution >= 0.6 is 0 Å². The first-order valence-corrected chi connectivity index (χ1v) is 9.49. The number of carbonyl (C=O) groups is 1. The van der Waals surface area contributed by atoms with Gasteiger partial charge in [0.15, 0.2) is 0 Å². The lowest BCUT2D eigenvalue weighted by Crippen LogP contribution is -2.75. The highest BCUT2D eigenvalue weighted by Gasteiger charge is 2.78. The summed E-state index contributed by atoms with van der Waals surface area (Å²) in [4.78, 5) is 20.1. The van der Waals surface area contributed by atoms with Crippen LogP contribution in [0.5, 0.6) is 0 Å². The monoisotopic (exact) mass is 399 g/mol. The zero-order valence-corrected chi connectivity index (χ0v) is 15.5. The number of primary amides is 1. The van der Waals surface area contributed by atoms with Crippen LogP contribution in [0.3, 0.4) is 0 Å². The molecule has 2 bridgehead atoms. The van der Waals surface area contributed by atoms with Crippen LogP contribution in [-0.4, -0.2) is 44.8 Å². The Balaban J connectivity index is 1.47. The molecule has 3 atom stereocenters. The van der Waals surface area contributed by atoms with E-state index in [1.165, 1.54) is 6.20 Å². The van der Waals surface area contributed by atoms with Gasteiger partial charge in [0.25, 0.3) is 5.91 Å². The van der Waals surface area contributed by atoms with Gasteiger partial charge in [0.2, 0.25) is 5.95 Å². The van der Waals surface area contributed by atoms with E-state index in [1.807, 2.05) is 6.92 Å². The van der Waals surface area contributed by atoms with Gasteiger partial charge < -0.3 is 21.5 Å². The van der Waals surface area contributed by atoms with Gasteiger partial charge in [-0.25, -0.2) is 4.98 Å². The molecule has 1 aromatic heterocycles. The third-order valence-electron chi connectivity index (χ3n) is 6.56. The maximum atomic E-state index is 13.0. The molecule has 4 saturated carbocycles. The number of aromatic nitrogens is 2. The van der Waals surface area contributed by atoms with Crippen LogP contribution in [0, 0.1) is 11.3 Å². The van der Waals surface area contributed by atoms with Crippen LogP contribution in [0.4, 0.5) is 24.9 Å². The Morgan fingerprint density at radius 2 is 2.00 bits per heavy atom. The molecule has 0 aromatic carbocycles. The Bertz CT molecular complexity index is 780. The third-order valence-corrected chi connectivity index (χ3v) is 6.56. The molecular weight excluding hydrogens is 375 g/mol. The van der Waals surface area contributed by atoms with Crippen LogP contribution in [0.2, 0.25) is 0 Å². The summed E-state index contributed by atoms with van der Waals surface area (Å²) >= 11 is 0. The number of hydrogen-bond acceptors (Lipinski definition) is 6. The molecular formula is C18H24F3N5O2. The molecule has 5 N–H and O–H groups in total. The van der Waals surface area contributed by atoms with E-state index in [9.17, 15) is 23.1 Å². The van der Waals surface area contributed by atoms with E-state index in [0.29, 0.717) is 6.42 Å². The second-order valence-corrected chi connectivity index (χ2v) is 8.73. The molecule has 1 unspecified atom stereocenters. The summed E-state index contributed by atoms with van der Waals surface area (Å²) in [6.45, 7) is 1.99. The fourth-order valence-corrected chi connectivity index (χ4v) is 4.81. The molecule has 4 aliphatic carbocycles. The van der Waals surface area contributed by atoms with E-state index >= 15 is 0 Å². The molecule has 1 heterocycles. The molecule has 10 heteroatoms. The first-order valence-electron chi connectivity index (χ1n) is 9.49. The lowest BCUT2D eigenvalue weighted by atomic mass is 9.39. The van der Waals surface area contributed by atoms with Crippen molar-refractivity contribution in [2.45, 2.75) is 69.3 Å². The maximum absolute atomic E-state index is 13.0. The van der Waals surface area contributed by atoms with Crippen LogP contribution in [0.1, 0.15) is 55.8 Å². The van der Waals surface area contributed by atoms with Crippen molar-refractivity contribution in [3.63, 3.8) is 0 Å². The number of hydrogen-bond donors (Lipinski definition) is 4. The largest absolute Gasteiger partial charge is 0.394 e. The lowest BCUT2D eigenvalue weighted by molar-refractivity contribution is -0.327. The van der Waals surface area contributed by atoms with Crippen molar-refractivity contribution in [3.05, 3.63) is 11.8 Å². The van der Waals surface area contributed by atoms with Crippen molar-refractivity contribution < 1.29 is 23.1 Å². The lowest BCUT2D eigenvalue weighted by Gasteiger charge is -2.70. The molecule has 5 rings (SSSR count). The summed E-state index contributed by atoms with van der Waals surface area (Å²) in [7, 11) is 0. The molecule has 4 aliphatic rings. The summed E-state index contributed by atoms with van der Waals surface area (Å²) < 4.78 is 39.0. The summed E-state index contributed by atoms with van der Waals surface area (Å²) in [6.07, 6.45) is -1.14. The normalized spacial score (nSPS) is 36.8. The molecule has 0 spiro atoms. The number of halogens is 3. The van der Waals surface area contributed by atoms with Crippen molar-refractivity contribution >= 4 is 17.7 Å². The summed E-state index contributed by atoms with van der Waals surface area (Å²) in [6, 6.07) is -0.0736. The predicted molar refractivity (Wildman–Crippen MR) is 95.7 cm³/mol. The minimum absolute atomic E-state index is 0.0138. The van der Waals surface area contributed by atoms with Gasteiger partial charge in [-0.15, -0.1) is 0 Å². The van der Waals surface area contributed by atoms with Crippen LogP contribution in [0.15, 0.2) is 6.20 Å². The van der Waals surface area contributed by atoms with Gasteiger partial charge in [-0.1, -0.05) is 6.92 Å². The molecule has 7 nitrogen and oxygen atoms in total. The molecule has 1 amide bonds. The number of aliphatic hydroxyl groups excluding tert-OH is 1. The minimum Gasteiger partial charge on any atom is -0.393 e. The molecule has 0 aliphatic heterocycles. The van der Waals surface area contributed by atoms with Gasteiger partial charge in [0, 0.05) is 17.8 Å². The van der Waals surface area contributed by atoms with Gasteiger partial charge in [0.05, 0.1) is 17.1 Å². The van der Waals surface area contributed by atoms with Crippen molar-refractivity contribution in [3.8, 4) is 0 Å². The average Bonchev–Trinajstić information content (AvgIpc) is 2.51. The topological polar surface area (TPSA) is 113 Å². The van der Waals surface area contributed by atoms with Crippen molar-refractivity contribution in [2.24, 2.45) is 17.1 Å². The summed E-state index contributed by atoms with van der Waals surface area (Å²) in [5, 5.41) is 16.2. The van der Waals surface area contributed by atoms with Gasteiger partial charge in [-0.3, -0.25) is 4.79 Å². The van der Waals surface area contributed by atoms with E-state index in [0.717, 1.165) is 12.8 Å². The Labute approximate surface area is 160 Å². The number of anilines is 2. The van der Waals surface area contributed by atoms with Crippen LogP contribution < -0.4 is 16.4 Å². The van der Waals surface area contributed by atoms with Crippen LogP contribution in [0.25, 0.3) is 0 Å². The first kappa shape index (κ1) is 19.2. The predicted octanol–water partition coefficient (Wildman–Crippen LogP) is 2.43. The quantitative estimate of drug-likeness (QED) is 0.605. The van der Waals surface area contributed by atoms with Gasteiger partial charge in [0.1, 0.15) is 5.82 Å². The average molecular weight is 399 g/mol. The number of amides is 1. The zero-order chi connectivity index (χ0) is 20.3. The highest BCUT2D eigenvalue weighted by Crippen LogP contribution is 2.74. The van der Waals surface area contributed by atoms with E-state index in [4.69, 9.17) is 5.73 Å². The Morgan fingerprint density at radius 3 is 2.57 bits per heavy atom. The molecule has 28 heavy (non-hydrogen) atoms. The Kier molecular flexibility index (Phi) is 4.26. The van der Waals surface area contributed by atoms with Crippen molar-refractivity contribution in [1.29, 1.82) is 0 Å². The molecule has 154 valence electrons. The number of alkyl halides is 3. The highest BCUT2D eigenvalue weighted by molar-refractivity contribution is 5.97. The third kappa shape index (κ3) is 3.07. The molecule has 4 fully saturated rings. The fourth-order valence-electron chi connectivity index (χ4n) is 4.81. The second-order valence-electron chi connectivity index (χ2n) is 8.73. The maximum Gasteiger partial charge on any atom is 0.394 e. The zero-order valence-electron chi connectivity index (χ0n) is 15.5. The first-order chi connectivity index (χ1) is 13.0. The smallest absolute Gasteiger partial charge is 0.393 e. The van der Waals surface area contributed by atoms with Crippen molar-refractivity contribution in [2.75, 3.05) is 10.6 Å². The number of aliphatic hydroxyl groups is 1. The number of nitrogens with one attached hydrogen (secondary N) is 2. The number of nitrogens with zero attached hydrogens (tertiary/aromatic N) is 2. The Morgan fingerprint density at radius 1 is 1.32 bits per heavy atom. The SMILES string of the molecule is C[C@@H]1CC[C@@H](Nc2nc(NC34CC(C(F)(F)F)(C3)C4)ncc2C(N)=O)CC1O. The standard InChI is InChI=1S/C18H24F3N5O2/c1-9-2-3-10(4-12(9)27)24-14-11(13(22)28)5-23-15(25-14)26-17-6-16(7-17,8-17)18(19,20)21/h5,9-10,12,27H,2-4,6-8H2,1H3,(H2,22,28)(H2,23,24,25,26)/t9-,10-,12?,16?,17?/m1/s1. The number of rotatable bonds is 5. The Hall–Kier alpha value is -2.10. The molecule has 0 radical (unpaired) electrons. The highest BCUT2D eigenvalue weighted by atomic mass is 19.4. The summed E-state index contributed by atoms with van der Waals surface area (Å²) in [5.74, 6) is -0.0663. The fraction of sp³-hybridized carbons (Fsp3) is 0.722. The van der Waals surface area contributed by atoms with Gasteiger partial charge in [-0.05, 0) is 44.4 Å². The van der Waals surface area contributed by atoms with Crippen LogP contribution in [-0.2, 0) is 0 Å². The number of nitrogens with two attached hydrogens (primary N) is 1. The molecule has 1 aromatic rings. The van der Waals surface area contributed by atoms with E-state index in [1.54, 1.807) is 0 Å². The van der Waals surface area contributed by atoms with E-state index in [2.05, 4.69) is 20.6 Å². The van der Waals surface area contributed by atoms with E-state index in [-0.39, 0.29) is 48.6 Å². The number of carbonyl (C=O) groups excluding carboxylic acids is 1. The summed E-state index contributed by atoms with van der Waals surface area (Å²) in [5.41, 5.74) is 3.32. The van der Waals surface area contributed by atoms with Crippen molar-refractivity contribution in [1.82, 2.24) is 9.97 Å². The van der Waals surface area contributed by atoms with Gasteiger partial charge in [-0.2, -0.15) is 18.2 Å². The minimum atomic E-state index is -4.18. The second kappa shape index (κ2) is 6.20. The molecule has 0 saturated heterocycles. The van der Waals surface area contributed by atoms with Gasteiger partial charge >= 0.3 is 6.18 Å². The van der Waals surface area contributed by atoms with E-state index < -0.39 is 29.1 Å².